The molecule has 0 aromatic rings. The molecule has 0 unspecified atom stereocenters. The van der Waals surface area contributed by atoms with E-state index in [1.54, 1.807) is 0 Å². The highest BCUT2D eigenvalue weighted by Gasteiger charge is 2.70. The molecule has 4 heteroatoms. The summed E-state index contributed by atoms with van der Waals surface area (Å²) < 4.78 is 0. The lowest BCUT2D eigenvalue weighted by Crippen LogP contribution is -2.62. The number of Topliss-reactive ketones (excluding diaryl/α,β-unsaturated/α-hetero) is 1. The molecule has 0 radical (unpaired) electrons. The number of aliphatic carboxylic acids is 1. The van der Waals surface area contributed by atoms with Gasteiger partial charge in [0.25, 0.3) is 0 Å². The molecule has 0 saturated heterocycles. The first-order chi connectivity index (χ1) is 11.2. The van der Waals surface area contributed by atoms with Gasteiger partial charge in [0, 0.05) is 17.8 Å². The maximum absolute atomic E-state index is 13.1. The lowest BCUT2D eigenvalue weighted by atomic mass is 9.40. The van der Waals surface area contributed by atoms with Gasteiger partial charge in [-0.1, -0.05) is 19.9 Å². The molecule has 0 aromatic heterocycles. The van der Waals surface area contributed by atoms with Gasteiger partial charge in [0.15, 0.2) is 0 Å². The van der Waals surface area contributed by atoms with E-state index in [2.05, 4.69) is 13.5 Å². The highest BCUT2D eigenvalue weighted by molar-refractivity contribution is 5.86. The number of carbonyl (C=O) groups excluding carboxylic acids is 1. The van der Waals surface area contributed by atoms with Crippen LogP contribution in [0.5, 0.6) is 0 Å². The fourth-order valence-corrected chi connectivity index (χ4v) is 7.44. The Morgan fingerprint density at radius 1 is 1.25 bits per heavy atom. The Kier molecular flexibility index (Phi) is 3.21. The van der Waals surface area contributed by atoms with Gasteiger partial charge in [0.2, 0.25) is 0 Å². The second kappa shape index (κ2) is 4.72. The number of aliphatic hydroxyl groups is 1. The van der Waals surface area contributed by atoms with Crippen LogP contribution in [0.15, 0.2) is 12.2 Å². The van der Waals surface area contributed by atoms with Gasteiger partial charge in [-0.15, -0.1) is 0 Å². The lowest BCUT2D eigenvalue weighted by molar-refractivity contribution is -0.192. The van der Waals surface area contributed by atoms with E-state index >= 15 is 0 Å². The van der Waals surface area contributed by atoms with Gasteiger partial charge in [-0.05, 0) is 61.9 Å². The normalized spacial score (nSPS) is 53.5. The summed E-state index contributed by atoms with van der Waals surface area (Å²) in [4.78, 5) is 25.2. The van der Waals surface area contributed by atoms with Crippen LogP contribution in [-0.4, -0.2) is 28.1 Å². The summed E-state index contributed by atoms with van der Waals surface area (Å²) in [5, 5.41) is 20.8. The second-order valence-corrected chi connectivity index (χ2v) is 9.39. The van der Waals surface area contributed by atoms with Crippen LogP contribution in [0.3, 0.4) is 0 Å². The quantitative estimate of drug-likeness (QED) is 0.723. The minimum Gasteiger partial charge on any atom is -0.481 e. The Bertz CT molecular complexity index is 640. The Morgan fingerprint density at radius 2 is 1.96 bits per heavy atom. The highest BCUT2D eigenvalue weighted by Crippen LogP contribution is 2.71. The smallest absolute Gasteiger partial charge is 0.309 e. The number of hydrogen-bond acceptors (Lipinski definition) is 3. The second-order valence-electron chi connectivity index (χ2n) is 9.39. The molecule has 4 aliphatic rings. The molecule has 1 spiro atoms. The first-order valence-electron chi connectivity index (χ1n) is 9.30. The van der Waals surface area contributed by atoms with E-state index in [4.69, 9.17) is 0 Å². The van der Waals surface area contributed by atoms with Gasteiger partial charge < -0.3 is 10.2 Å². The van der Waals surface area contributed by atoms with Crippen LogP contribution < -0.4 is 0 Å². The molecule has 2 bridgehead atoms. The predicted octanol–water partition coefficient (Wildman–Crippen LogP) is 3.19. The maximum atomic E-state index is 13.1. The number of carboxylic acids is 1. The Labute approximate surface area is 143 Å². The predicted molar refractivity (Wildman–Crippen MR) is 89.2 cm³/mol. The van der Waals surface area contributed by atoms with Crippen LogP contribution in [0.25, 0.3) is 0 Å². The van der Waals surface area contributed by atoms with E-state index in [0.717, 1.165) is 37.7 Å². The van der Waals surface area contributed by atoms with Gasteiger partial charge in [0.1, 0.15) is 5.78 Å². The van der Waals surface area contributed by atoms with Crippen molar-refractivity contribution in [1.29, 1.82) is 0 Å². The molecule has 4 saturated carbocycles. The highest BCUT2D eigenvalue weighted by atomic mass is 16.4. The van der Waals surface area contributed by atoms with Crippen LogP contribution in [0.4, 0.5) is 0 Å². The zero-order valence-corrected chi connectivity index (χ0v) is 14.7. The van der Waals surface area contributed by atoms with Crippen LogP contribution in [0, 0.1) is 34.0 Å². The minimum absolute atomic E-state index is 0.00782. The third-order valence-corrected chi connectivity index (χ3v) is 8.41. The zero-order valence-electron chi connectivity index (χ0n) is 14.7. The number of ketones is 1. The Hall–Kier alpha value is -1.16. The molecule has 2 N–H and O–H groups in total. The molecule has 132 valence electrons. The molecule has 4 rings (SSSR count). The van der Waals surface area contributed by atoms with Crippen LogP contribution in [0.1, 0.15) is 58.8 Å². The van der Waals surface area contributed by atoms with Crippen molar-refractivity contribution in [2.75, 3.05) is 0 Å². The van der Waals surface area contributed by atoms with Crippen molar-refractivity contribution in [2.24, 2.45) is 34.0 Å². The summed E-state index contributed by atoms with van der Waals surface area (Å²) >= 11 is 0. The first-order valence-corrected chi connectivity index (χ1v) is 9.30. The standard InChI is InChI=1S/C20H28O4/c1-11-12-9-13(21)15-18(2)6-4-7-19(3,17(23)24)14(18)5-8-20(15,10-12)16(11)22/h12,14-16,22H,1,4-10H2,2-3H3,(H,23,24)/t12-,14+,15+,16-,18-,19-,20-/m1/s1. The summed E-state index contributed by atoms with van der Waals surface area (Å²) in [5.74, 6) is -0.572. The molecule has 0 amide bonds. The molecule has 0 heterocycles. The average Bonchev–Trinajstić information content (AvgIpc) is 2.68. The lowest BCUT2D eigenvalue weighted by Gasteiger charge is -2.62. The summed E-state index contributed by atoms with van der Waals surface area (Å²) in [6.07, 6.45) is 4.70. The molecule has 4 fully saturated rings. The summed E-state index contributed by atoms with van der Waals surface area (Å²) in [6.45, 7) is 8.09. The molecular formula is C20H28O4. The molecule has 4 aliphatic carbocycles. The SMILES string of the molecule is C=C1[C@@H]2CC(=O)[C@H]3[C@]4(C)CCC[C@@](C)(C(=O)O)[C@H]4CC[C@]3(C2)[C@@H]1O. The van der Waals surface area contributed by atoms with E-state index in [-0.39, 0.29) is 34.4 Å². The van der Waals surface area contributed by atoms with Gasteiger partial charge in [-0.25, -0.2) is 0 Å². The Balaban J connectivity index is 1.83. The van der Waals surface area contributed by atoms with Gasteiger partial charge >= 0.3 is 5.97 Å². The number of aliphatic hydroxyl groups excluding tert-OH is 1. The van der Waals surface area contributed by atoms with Crippen molar-refractivity contribution < 1.29 is 19.8 Å². The third kappa shape index (κ3) is 1.68. The number of hydrogen-bond donors (Lipinski definition) is 2. The number of fused-ring (bicyclic) bond motifs is 3. The zero-order chi connectivity index (χ0) is 17.5. The maximum Gasteiger partial charge on any atom is 0.309 e. The monoisotopic (exact) mass is 332 g/mol. The van der Waals surface area contributed by atoms with Crippen molar-refractivity contribution in [1.82, 2.24) is 0 Å². The molecule has 0 aliphatic heterocycles. The molecule has 4 nitrogen and oxygen atoms in total. The minimum atomic E-state index is -0.758. The summed E-state index contributed by atoms with van der Waals surface area (Å²) in [7, 11) is 0. The average molecular weight is 332 g/mol. The van der Waals surface area contributed by atoms with E-state index < -0.39 is 17.5 Å². The molecule has 24 heavy (non-hydrogen) atoms. The fraction of sp³-hybridized carbons (Fsp3) is 0.800. The molecule has 7 atom stereocenters. The van der Waals surface area contributed by atoms with E-state index in [1.807, 2.05) is 6.92 Å². The molecule has 0 aromatic carbocycles. The topological polar surface area (TPSA) is 74.6 Å². The number of carboxylic acid groups (broad SMARTS) is 1. The molecular weight excluding hydrogens is 304 g/mol. The third-order valence-electron chi connectivity index (χ3n) is 8.41. The van der Waals surface area contributed by atoms with E-state index in [1.165, 1.54) is 0 Å². The van der Waals surface area contributed by atoms with Crippen LogP contribution >= 0.6 is 0 Å². The summed E-state index contributed by atoms with van der Waals surface area (Å²) in [5.41, 5.74) is -0.632. The van der Waals surface area contributed by atoms with Crippen molar-refractivity contribution >= 4 is 11.8 Å². The number of rotatable bonds is 1. The van der Waals surface area contributed by atoms with Gasteiger partial charge in [0.05, 0.1) is 11.5 Å². The van der Waals surface area contributed by atoms with Crippen LogP contribution in [0.2, 0.25) is 0 Å². The van der Waals surface area contributed by atoms with Gasteiger partial charge in [-0.2, -0.15) is 0 Å². The van der Waals surface area contributed by atoms with Crippen molar-refractivity contribution in [2.45, 2.75) is 64.9 Å². The van der Waals surface area contributed by atoms with Gasteiger partial charge in [-0.3, -0.25) is 9.59 Å². The van der Waals surface area contributed by atoms with E-state index in [0.29, 0.717) is 12.8 Å². The number of carbonyl (C=O) groups is 2. The van der Waals surface area contributed by atoms with Crippen molar-refractivity contribution in [3.63, 3.8) is 0 Å². The largest absolute Gasteiger partial charge is 0.481 e. The fourth-order valence-electron chi connectivity index (χ4n) is 7.44. The first kappa shape index (κ1) is 16.3. The van der Waals surface area contributed by atoms with Crippen molar-refractivity contribution in [3.05, 3.63) is 12.2 Å². The van der Waals surface area contributed by atoms with Crippen molar-refractivity contribution in [3.8, 4) is 0 Å². The Morgan fingerprint density at radius 3 is 2.62 bits per heavy atom. The van der Waals surface area contributed by atoms with E-state index in [9.17, 15) is 19.8 Å². The van der Waals surface area contributed by atoms with Crippen LogP contribution in [-0.2, 0) is 9.59 Å². The summed E-state index contributed by atoms with van der Waals surface area (Å²) in [6, 6.07) is 0.